The van der Waals surface area contributed by atoms with E-state index in [0.29, 0.717) is 18.7 Å². The van der Waals surface area contributed by atoms with Gasteiger partial charge in [0, 0.05) is 27.9 Å². The zero-order valence-corrected chi connectivity index (χ0v) is 22.2. The standard InChI is InChI=1S/C30H33BrN2O2/c1-33(2)19-18-30(34,17-16-22-10-6-4-7-11-22)28(23-12-8-5-9-13-23)26-21-24-20-25(31)14-15-27(24)32-29(26)35-3/h4-15,20-21,28,34H,16-19H2,1-3H3. The van der Waals surface area contributed by atoms with Gasteiger partial charge in [0.05, 0.1) is 18.2 Å². The van der Waals surface area contributed by atoms with Crippen molar-refractivity contribution in [2.45, 2.75) is 30.8 Å². The highest BCUT2D eigenvalue weighted by molar-refractivity contribution is 9.10. The second kappa shape index (κ2) is 11.3. The quantitative estimate of drug-likeness (QED) is 0.254. The number of pyridine rings is 1. The van der Waals surface area contributed by atoms with Gasteiger partial charge in [-0.25, -0.2) is 4.98 Å². The van der Waals surface area contributed by atoms with Crippen LogP contribution in [0.15, 0.2) is 89.4 Å². The molecule has 0 saturated carbocycles. The Morgan fingerprint density at radius 3 is 2.29 bits per heavy atom. The third-order valence-corrected chi connectivity index (χ3v) is 7.12. The Morgan fingerprint density at radius 1 is 0.943 bits per heavy atom. The predicted octanol–water partition coefficient (Wildman–Crippen LogP) is 6.45. The van der Waals surface area contributed by atoms with Gasteiger partial charge in [-0.1, -0.05) is 76.6 Å². The molecule has 35 heavy (non-hydrogen) atoms. The van der Waals surface area contributed by atoms with E-state index in [-0.39, 0.29) is 5.92 Å². The molecule has 0 aliphatic heterocycles. The molecule has 1 heterocycles. The van der Waals surface area contributed by atoms with Gasteiger partial charge >= 0.3 is 0 Å². The topological polar surface area (TPSA) is 45.6 Å². The van der Waals surface area contributed by atoms with E-state index < -0.39 is 5.60 Å². The number of hydrogen-bond donors (Lipinski definition) is 1. The molecular formula is C30H33BrN2O2. The molecule has 4 rings (SSSR count). The number of methoxy groups -OCH3 is 1. The maximum Gasteiger partial charge on any atom is 0.217 e. The Kier molecular flexibility index (Phi) is 8.22. The zero-order valence-electron chi connectivity index (χ0n) is 20.6. The monoisotopic (exact) mass is 532 g/mol. The largest absolute Gasteiger partial charge is 0.481 e. The van der Waals surface area contributed by atoms with Gasteiger partial charge in [0.2, 0.25) is 5.88 Å². The average molecular weight is 534 g/mol. The molecular weight excluding hydrogens is 500 g/mol. The fraction of sp³-hybridized carbons (Fsp3) is 0.300. The zero-order chi connectivity index (χ0) is 24.8. The molecule has 5 heteroatoms. The maximum absolute atomic E-state index is 12.5. The van der Waals surface area contributed by atoms with E-state index in [1.807, 2.05) is 50.5 Å². The SMILES string of the molecule is COc1nc2ccc(Br)cc2cc1C(c1ccccc1)C(O)(CCc1ccccc1)CCN(C)C. The molecule has 2 atom stereocenters. The van der Waals surface area contributed by atoms with E-state index in [4.69, 9.17) is 9.72 Å². The number of halogens is 1. The highest BCUT2D eigenvalue weighted by Crippen LogP contribution is 2.44. The molecule has 0 amide bonds. The summed E-state index contributed by atoms with van der Waals surface area (Å²) in [5.74, 6) is 0.245. The summed E-state index contributed by atoms with van der Waals surface area (Å²) in [5, 5.41) is 13.5. The average Bonchev–Trinajstić information content (AvgIpc) is 2.87. The van der Waals surface area contributed by atoms with E-state index in [1.54, 1.807) is 7.11 Å². The van der Waals surface area contributed by atoms with E-state index in [9.17, 15) is 5.11 Å². The molecule has 3 aromatic carbocycles. The molecule has 0 spiro atoms. The number of rotatable bonds is 10. The number of fused-ring (bicyclic) bond motifs is 1. The van der Waals surface area contributed by atoms with Crippen LogP contribution >= 0.6 is 15.9 Å². The van der Waals surface area contributed by atoms with Crippen LogP contribution in [0.5, 0.6) is 5.88 Å². The third-order valence-electron chi connectivity index (χ3n) is 6.63. The lowest BCUT2D eigenvalue weighted by Crippen LogP contribution is -2.40. The number of ether oxygens (including phenoxy) is 1. The molecule has 0 aliphatic rings. The van der Waals surface area contributed by atoms with Crippen molar-refractivity contribution in [1.29, 1.82) is 0 Å². The van der Waals surface area contributed by atoms with Gasteiger partial charge in [-0.2, -0.15) is 0 Å². The normalized spacial score (nSPS) is 14.1. The first-order chi connectivity index (χ1) is 16.9. The molecule has 1 N–H and O–H groups in total. The van der Waals surface area contributed by atoms with Gasteiger partial charge in [0.25, 0.3) is 0 Å². The van der Waals surface area contributed by atoms with E-state index in [0.717, 1.165) is 39.5 Å². The summed E-state index contributed by atoms with van der Waals surface area (Å²) in [6.07, 6.45) is 2.01. The summed E-state index contributed by atoms with van der Waals surface area (Å²) >= 11 is 3.59. The molecule has 0 fully saturated rings. The van der Waals surface area contributed by atoms with Crippen molar-refractivity contribution in [3.8, 4) is 5.88 Å². The first-order valence-corrected chi connectivity index (χ1v) is 12.8. The first-order valence-electron chi connectivity index (χ1n) is 12.0. The first kappa shape index (κ1) is 25.4. The summed E-state index contributed by atoms with van der Waals surface area (Å²) in [6, 6.07) is 28.8. The fourth-order valence-corrected chi connectivity index (χ4v) is 5.16. The molecule has 182 valence electrons. The van der Waals surface area contributed by atoms with Gasteiger partial charge < -0.3 is 14.7 Å². The number of aliphatic hydroxyl groups is 1. The highest BCUT2D eigenvalue weighted by atomic mass is 79.9. The Balaban J connectivity index is 1.87. The summed E-state index contributed by atoms with van der Waals surface area (Å²) in [4.78, 5) is 6.97. The molecule has 0 bridgehead atoms. The van der Waals surface area contributed by atoms with Crippen molar-refractivity contribution in [1.82, 2.24) is 9.88 Å². The Labute approximate surface area is 216 Å². The van der Waals surface area contributed by atoms with Crippen LogP contribution in [0.1, 0.15) is 35.4 Å². The summed E-state index contributed by atoms with van der Waals surface area (Å²) in [5.41, 5.74) is 3.02. The van der Waals surface area contributed by atoms with Gasteiger partial charge in [-0.15, -0.1) is 0 Å². The smallest absolute Gasteiger partial charge is 0.217 e. The lowest BCUT2D eigenvalue weighted by molar-refractivity contribution is 0.000777. The minimum atomic E-state index is -1.02. The molecule has 0 saturated heterocycles. The summed E-state index contributed by atoms with van der Waals surface area (Å²) in [6.45, 7) is 0.767. The van der Waals surface area contributed by atoms with Crippen LogP contribution in [-0.2, 0) is 6.42 Å². The van der Waals surface area contributed by atoms with Crippen molar-refractivity contribution < 1.29 is 9.84 Å². The van der Waals surface area contributed by atoms with Gasteiger partial charge in [-0.3, -0.25) is 0 Å². The predicted molar refractivity (Wildman–Crippen MR) is 147 cm³/mol. The lowest BCUT2D eigenvalue weighted by Gasteiger charge is -2.38. The molecule has 4 aromatic rings. The van der Waals surface area contributed by atoms with Gasteiger partial charge in [0.1, 0.15) is 0 Å². The molecule has 1 aromatic heterocycles. The highest BCUT2D eigenvalue weighted by Gasteiger charge is 2.40. The van der Waals surface area contributed by atoms with Crippen molar-refractivity contribution in [2.24, 2.45) is 0 Å². The van der Waals surface area contributed by atoms with E-state index >= 15 is 0 Å². The molecule has 0 aliphatic carbocycles. The van der Waals surface area contributed by atoms with Crippen LogP contribution in [0.4, 0.5) is 0 Å². The van der Waals surface area contributed by atoms with Crippen LogP contribution in [-0.4, -0.2) is 48.3 Å². The molecule has 0 radical (unpaired) electrons. The number of aryl methyl sites for hydroxylation is 1. The summed E-state index contributed by atoms with van der Waals surface area (Å²) in [7, 11) is 5.75. The maximum atomic E-state index is 12.5. The Hall–Kier alpha value is -2.73. The minimum Gasteiger partial charge on any atom is -0.481 e. The second-order valence-electron chi connectivity index (χ2n) is 9.41. The van der Waals surface area contributed by atoms with Crippen molar-refractivity contribution in [2.75, 3.05) is 27.7 Å². The van der Waals surface area contributed by atoms with E-state index in [1.165, 1.54) is 5.56 Å². The lowest BCUT2D eigenvalue weighted by atomic mass is 9.72. The van der Waals surface area contributed by atoms with Crippen molar-refractivity contribution in [3.63, 3.8) is 0 Å². The number of aromatic nitrogens is 1. The number of hydrogen-bond acceptors (Lipinski definition) is 4. The van der Waals surface area contributed by atoms with Crippen LogP contribution in [0.25, 0.3) is 10.9 Å². The van der Waals surface area contributed by atoms with Crippen LogP contribution in [0, 0.1) is 0 Å². The van der Waals surface area contributed by atoms with E-state index in [2.05, 4.69) is 69.4 Å². The number of benzene rings is 3. The van der Waals surface area contributed by atoms with Crippen molar-refractivity contribution in [3.05, 3.63) is 106 Å². The fourth-order valence-electron chi connectivity index (χ4n) is 4.78. The Bertz CT molecular complexity index is 1250. The molecule has 4 nitrogen and oxygen atoms in total. The third kappa shape index (κ3) is 6.10. The van der Waals surface area contributed by atoms with Crippen LogP contribution in [0.2, 0.25) is 0 Å². The van der Waals surface area contributed by atoms with Crippen molar-refractivity contribution >= 4 is 26.8 Å². The van der Waals surface area contributed by atoms with Crippen LogP contribution < -0.4 is 4.74 Å². The van der Waals surface area contributed by atoms with Gasteiger partial charge in [0.15, 0.2) is 0 Å². The Morgan fingerprint density at radius 2 is 1.63 bits per heavy atom. The van der Waals surface area contributed by atoms with Gasteiger partial charge in [-0.05, 0) is 68.8 Å². The number of nitrogens with zero attached hydrogens (tertiary/aromatic N) is 2. The second-order valence-corrected chi connectivity index (χ2v) is 10.3. The molecule has 2 unspecified atom stereocenters. The summed E-state index contributed by atoms with van der Waals surface area (Å²) < 4.78 is 6.82. The minimum absolute atomic E-state index is 0.307. The van der Waals surface area contributed by atoms with Crippen LogP contribution in [0.3, 0.4) is 0 Å².